The van der Waals surface area contributed by atoms with Crippen LogP contribution in [0.1, 0.15) is 34.7 Å². The summed E-state index contributed by atoms with van der Waals surface area (Å²) in [6.07, 6.45) is 1.74. The molecule has 2 aromatic carbocycles. The van der Waals surface area contributed by atoms with Crippen molar-refractivity contribution in [3.63, 3.8) is 0 Å². The lowest BCUT2D eigenvalue weighted by Gasteiger charge is -2.25. The number of ether oxygens (including phenoxy) is 1. The Bertz CT molecular complexity index is 1220. The molecule has 0 spiro atoms. The Hall–Kier alpha value is -3.45. The maximum absolute atomic E-state index is 13.4. The Morgan fingerprint density at radius 1 is 1.06 bits per heavy atom. The number of nitrogens with zero attached hydrogens (tertiary/aromatic N) is 3. The van der Waals surface area contributed by atoms with Crippen LogP contribution in [0.3, 0.4) is 0 Å². The maximum atomic E-state index is 13.4. The first-order chi connectivity index (χ1) is 15.2. The van der Waals surface area contributed by atoms with E-state index in [1.807, 2.05) is 73.7 Å². The summed E-state index contributed by atoms with van der Waals surface area (Å²) in [5.74, 6) is 0.671. The molecule has 1 aliphatic rings. The summed E-state index contributed by atoms with van der Waals surface area (Å²) in [4.78, 5) is 19.8. The Morgan fingerprint density at radius 3 is 2.52 bits per heavy atom. The van der Waals surface area contributed by atoms with Crippen LogP contribution in [0, 0.1) is 0 Å². The number of rotatable bonds is 5. The summed E-state index contributed by atoms with van der Waals surface area (Å²) < 4.78 is 6.51. The van der Waals surface area contributed by atoms with Gasteiger partial charge in [-0.25, -0.2) is 0 Å². The van der Waals surface area contributed by atoms with Gasteiger partial charge in [0.05, 0.1) is 18.0 Å². The molecular weight excluding hydrogens is 456 g/mol. The molecule has 1 atom stereocenters. The van der Waals surface area contributed by atoms with Gasteiger partial charge in [-0.15, -0.1) is 0 Å². The molecule has 6 nitrogen and oxygen atoms in total. The first-order valence-corrected chi connectivity index (χ1v) is 10.8. The van der Waals surface area contributed by atoms with E-state index in [1.165, 1.54) is 0 Å². The van der Waals surface area contributed by atoms with Crippen molar-refractivity contribution in [1.82, 2.24) is 15.2 Å². The maximum Gasteiger partial charge on any atom is 0.277 e. The Labute approximate surface area is 188 Å². The molecule has 0 fully saturated rings. The van der Waals surface area contributed by atoms with Crippen LogP contribution in [-0.4, -0.2) is 27.7 Å². The highest BCUT2D eigenvalue weighted by molar-refractivity contribution is 9.10. The van der Waals surface area contributed by atoms with Gasteiger partial charge in [0.1, 0.15) is 17.5 Å². The largest absolute Gasteiger partial charge is 0.494 e. The molecule has 0 saturated heterocycles. The van der Waals surface area contributed by atoms with Crippen LogP contribution >= 0.6 is 15.9 Å². The summed E-state index contributed by atoms with van der Waals surface area (Å²) in [6.45, 7) is 2.56. The van der Waals surface area contributed by atoms with E-state index in [9.17, 15) is 4.79 Å². The van der Waals surface area contributed by atoms with E-state index in [1.54, 1.807) is 11.1 Å². The summed E-state index contributed by atoms with van der Waals surface area (Å²) in [6, 6.07) is 20.8. The number of nitrogens with one attached hydrogen (secondary N) is 1. The minimum Gasteiger partial charge on any atom is -0.494 e. The monoisotopic (exact) mass is 474 g/mol. The fourth-order valence-electron chi connectivity index (χ4n) is 3.93. The summed E-state index contributed by atoms with van der Waals surface area (Å²) >= 11 is 3.47. The number of anilines is 1. The zero-order valence-electron chi connectivity index (χ0n) is 16.7. The van der Waals surface area contributed by atoms with Gasteiger partial charge in [-0.1, -0.05) is 22.0 Å². The molecule has 3 heterocycles. The van der Waals surface area contributed by atoms with Gasteiger partial charge in [-0.2, -0.15) is 5.10 Å². The number of carbonyl (C=O) groups is 1. The van der Waals surface area contributed by atoms with Gasteiger partial charge in [-0.05, 0) is 67.6 Å². The Balaban J connectivity index is 1.65. The molecule has 1 N–H and O–H groups in total. The highest BCUT2D eigenvalue weighted by Gasteiger charge is 2.43. The van der Waals surface area contributed by atoms with Gasteiger partial charge in [0.25, 0.3) is 5.91 Å². The number of carbonyl (C=O) groups excluding carboxylic acids is 1. The molecule has 7 heteroatoms. The molecule has 1 aliphatic heterocycles. The SMILES string of the molecule is CCOc1ccc(-c2n[nH]c3c2[C@@H](c2ccccn2)N(c2ccc(Br)cc2)C3=O)cc1. The van der Waals surface area contributed by atoms with Crippen molar-refractivity contribution in [3.05, 3.63) is 94.4 Å². The standard InChI is InChI=1S/C24H19BrN4O2/c1-2-31-18-12-6-15(7-13-18)21-20-22(28-27-21)24(30)29(17-10-8-16(25)9-11-17)23(20)19-5-3-4-14-26-19/h3-14,23H,2H2,1H3,(H,27,28)/t23-/m1/s1. The van der Waals surface area contributed by atoms with Crippen molar-refractivity contribution in [2.24, 2.45) is 0 Å². The van der Waals surface area contributed by atoms with Crippen LogP contribution < -0.4 is 9.64 Å². The quantitative estimate of drug-likeness (QED) is 0.421. The third kappa shape index (κ3) is 3.41. The van der Waals surface area contributed by atoms with Crippen molar-refractivity contribution in [2.75, 3.05) is 11.5 Å². The normalized spacial score (nSPS) is 15.2. The minimum atomic E-state index is -0.384. The van der Waals surface area contributed by atoms with E-state index >= 15 is 0 Å². The van der Waals surface area contributed by atoms with E-state index in [2.05, 4.69) is 31.1 Å². The van der Waals surface area contributed by atoms with Crippen LogP contribution in [0.5, 0.6) is 5.75 Å². The van der Waals surface area contributed by atoms with Gasteiger partial charge in [0.15, 0.2) is 0 Å². The Morgan fingerprint density at radius 2 is 1.84 bits per heavy atom. The number of H-pyrrole nitrogens is 1. The van der Waals surface area contributed by atoms with Gasteiger partial charge in [0, 0.05) is 27.5 Å². The number of pyridine rings is 1. The molecule has 1 amide bonds. The molecule has 5 rings (SSSR count). The van der Waals surface area contributed by atoms with E-state index in [4.69, 9.17) is 4.74 Å². The predicted molar refractivity (Wildman–Crippen MR) is 122 cm³/mol. The fraction of sp³-hybridized carbons (Fsp3) is 0.125. The highest BCUT2D eigenvalue weighted by atomic mass is 79.9. The minimum absolute atomic E-state index is 0.127. The molecule has 0 radical (unpaired) electrons. The van der Waals surface area contributed by atoms with Crippen molar-refractivity contribution < 1.29 is 9.53 Å². The topological polar surface area (TPSA) is 71.1 Å². The van der Waals surface area contributed by atoms with Crippen molar-refractivity contribution >= 4 is 27.5 Å². The number of hydrogen-bond acceptors (Lipinski definition) is 4. The average molecular weight is 475 g/mol. The molecule has 0 unspecified atom stereocenters. The first kappa shape index (κ1) is 19.5. The van der Waals surface area contributed by atoms with E-state index in [-0.39, 0.29) is 11.9 Å². The van der Waals surface area contributed by atoms with Crippen LogP contribution in [-0.2, 0) is 0 Å². The van der Waals surface area contributed by atoms with Crippen LogP contribution in [0.15, 0.2) is 77.4 Å². The van der Waals surface area contributed by atoms with Gasteiger partial charge in [0.2, 0.25) is 0 Å². The zero-order chi connectivity index (χ0) is 21.4. The van der Waals surface area contributed by atoms with Crippen LogP contribution in [0.25, 0.3) is 11.3 Å². The Kier molecular flexibility index (Phi) is 5.03. The van der Waals surface area contributed by atoms with Crippen LogP contribution in [0.2, 0.25) is 0 Å². The molecule has 154 valence electrons. The lowest BCUT2D eigenvalue weighted by atomic mass is 9.99. The number of aromatic nitrogens is 3. The summed E-state index contributed by atoms with van der Waals surface area (Å²) in [7, 11) is 0. The average Bonchev–Trinajstić information content (AvgIpc) is 3.35. The lowest BCUT2D eigenvalue weighted by molar-refractivity contribution is 0.0988. The van der Waals surface area contributed by atoms with Crippen molar-refractivity contribution in [1.29, 1.82) is 0 Å². The van der Waals surface area contributed by atoms with Gasteiger partial charge < -0.3 is 4.74 Å². The third-order valence-corrected chi connectivity index (χ3v) is 5.81. The third-order valence-electron chi connectivity index (χ3n) is 5.28. The van der Waals surface area contributed by atoms with E-state index in [0.29, 0.717) is 12.3 Å². The molecular formula is C24H19BrN4O2. The van der Waals surface area contributed by atoms with Crippen LogP contribution in [0.4, 0.5) is 5.69 Å². The zero-order valence-corrected chi connectivity index (χ0v) is 18.3. The second kappa shape index (κ2) is 8.00. The second-order valence-electron chi connectivity index (χ2n) is 7.13. The number of aromatic amines is 1. The number of hydrogen-bond donors (Lipinski definition) is 1. The number of fused-ring (bicyclic) bond motifs is 1. The number of halogens is 1. The van der Waals surface area contributed by atoms with Crippen molar-refractivity contribution in [3.8, 4) is 17.0 Å². The van der Waals surface area contributed by atoms with E-state index in [0.717, 1.165) is 38.4 Å². The van der Waals surface area contributed by atoms with Gasteiger partial charge >= 0.3 is 0 Å². The molecule has 2 aromatic heterocycles. The number of benzene rings is 2. The predicted octanol–water partition coefficient (Wildman–Crippen LogP) is 5.38. The molecule has 4 aromatic rings. The summed E-state index contributed by atoms with van der Waals surface area (Å²) in [5, 5.41) is 7.48. The summed E-state index contributed by atoms with van der Waals surface area (Å²) in [5.41, 5.74) is 4.55. The lowest BCUT2D eigenvalue weighted by Crippen LogP contribution is -2.29. The number of amides is 1. The van der Waals surface area contributed by atoms with E-state index < -0.39 is 0 Å². The van der Waals surface area contributed by atoms with Gasteiger partial charge in [-0.3, -0.25) is 19.8 Å². The first-order valence-electron chi connectivity index (χ1n) is 9.99. The fourth-order valence-corrected chi connectivity index (χ4v) is 4.19. The smallest absolute Gasteiger partial charge is 0.277 e. The molecule has 31 heavy (non-hydrogen) atoms. The van der Waals surface area contributed by atoms with Crippen molar-refractivity contribution in [2.45, 2.75) is 13.0 Å². The highest BCUT2D eigenvalue weighted by Crippen LogP contribution is 2.44. The molecule has 0 aliphatic carbocycles. The molecule has 0 bridgehead atoms. The molecule has 0 saturated carbocycles. The second-order valence-corrected chi connectivity index (χ2v) is 8.04.